The molecule has 0 unspecified atom stereocenters. The van der Waals surface area contributed by atoms with Gasteiger partial charge in [0.2, 0.25) is 0 Å². The molecule has 9 heteroatoms. The fourth-order valence-corrected chi connectivity index (χ4v) is 4.17. The van der Waals surface area contributed by atoms with Crippen molar-refractivity contribution in [3.05, 3.63) is 106 Å². The quantitative estimate of drug-likeness (QED) is 0.329. The van der Waals surface area contributed by atoms with E-state index in [4.69, 9.17) is 0 Å². The molecule has 5 nitrogen and oxygen atoms in total. The molecule has 0 bridgehead atoms. The number of nitrogens with one attached hydrogen (secondary N) is 1. The molecule has 0 radical (unpaired) electrons. The normalized spacial score (nSPS) is 10.8. The lowest BCUT2D eigenvalue weighted by molar-refractivity contribution is 0.0949. The Labute approximate surface area is 196 Å². The number of halogens is 3. The fraction of sp³-hybridized carbons (Fsp3) is 0.0870. The van der Waals surface area contributed by atoms with Crippen LogP contribution in [0.2, 0.25) is 0 Å². The van der Waals surface area contributed by atoms with Crippen molar-refractivity contribution >= 4 is 33.6 Å². The van der Waals surface area contributed by atoms with Crippen LogP contribution in [0.4, 0.5) is 8.78 Å². The van der Waals surface area contributed by atoms with Crippen LogP contribution in [0.3, 0.4) is 0 Å². The van der Waals surface area contributed by atoms with Gasteiger partial charge < -0.3 is 5.32 Å². The van der Waals surface area contributed by atoms with Crippen LogP contribution in [0, 0.1) is 11.6 Å². The molecule has 1 amide bonds. The summed E-state index contributed by atoms with van der Waals surface area (Å²) < 4.78 is 29.7. The first-order valence-corrected chi connectivity index (χ1v) is 11.4. The Morgan fingerprint density at radius 2 is 1.72 bits per heavy atom. The van der Waals surface area contributed by atoms with E-state index in [1.54, 1.807) is 16.7 Å². The summed E-state index contributed by atoms with van der Waals surface area (Å²) in [4.78, 5) is 12.4. The van der Waals surface area contributed by atoms with Crippen molar-refractivity contribution in [3.8, 4) is 5.69 Å². The zero-order chi connectivity index (χ0) is 22.5. The summed E-state index contributed by atoms with van der Waals surface area (Å²) in [7, 11) is 0. The van der Waals surface area contributed by atoms with E-state index >= 15 is 0 Å². The van der Waals surface area contributed by atoms with Crippen LogP contribution in [0.1, 0.15) is 21.7 Å². The van der Waals surface area contributed by atoms with E-state index in [1.807, 2.05) is 24.3 Å². The topological polar surface area (TPSA) is 59.8 Å². The number of nitrogens with zero attached hydrogens (tertiary/aromatic N) is 3. The molecule has 0 aliphatic rings. The highest BCUT2D eigenvalue weighted by atomic mass is 79.9. The first-order valence-electron chi connectivity index (χ1n) is 9.61. The largest absolute Gasteiger partial charge is 0.345 e. The second-order valence-corrected chi connectivity index (χ2v) is 8.68. The molecule has 32 heavy (non-hydrogen) atoms. The maximum Gasteiger partial charge on any atom is 0.251 e. The molecule has 4 rings (SSSR count). The fourth-order valence-electron chi connectivity index (χ4n) is 2.98. The van der Waals surface area contributed by atoms with E-state index in [0.717, 1.165) is 10.0 Å². The minimum atomic E-state index is -0.487. The summed E-state index contributed by atoms with van der Waals surface area (Å²) in [5.41, 5.74) is 1.99. The van der Waals surface area contributed by atoms with Crippen molar-refractivity contribution < 1.29 is 13.6 Å². The average molecular weight is 515 g/mol. The molecule has 1 N–H and O–H groups in total. The van der Waals surface area contributed by atoms with E-state index < -0.39 is 11.7 Å². The van der Waals surface area contributed by atoms with Crippen LogP contribution >= 0.6 is 27.7 Å². The van der Waals surface area contributed by atoms with Gasteiger partial charge >= 0.3 is 0 Å². The van der Waals surface area contributed by atoms with Crippen molar-refractivity contribution in [2.45, 2.75) is 17.5 Å². The Morgan fingerprint density at radius 1 is 0.969 bits per heavy atom. The molecule has 0 saturated heterocycles. The first-order chi connectivity index (χ1) is 15.5. The van der Waals surface area contributed by atoms with Gasteiger partial charge in [0.05, 0.1) is 6.54 Å². The van der Waals surface area contributed by atoms with Crippen LogP contribution in [0.25, 0.3) is 5.69 Å². The van der Waals surface area contributed by atoms with Crippen LogP contribution in [0.5, 0.6) is 0 Å². The number of rotatable bonds is 7. The Hall–Kier alpha value is -3.04. The zero-order valence-electron chi connectivity index (χ0n) is 16.6. The van der Waals surface area contributed by atoms with Gasteiger partial charge in [-0.2, -0.15) is 0 Å². The predicted octanol–water partition coefficient (Wildman–Crippen LogP) is 5.53. The summed E-state index contributed by atoms with van der Waals surface area (Å²) in [5.74, 6) is -0.144. The third-order valence-corrected chi connectivity index (χ3v) is 6.09. The Kier molecular flexibility index (Phi) is 6.96. The van der Waals surface area contributed by atoms with E-state index in [2.05, 4.69) is 31.4 Å². The lowest BCUT2D eigenvalue weighted by Crippen LogP contribution is -2.24. The van der Waals surface area contributed by atoms with Crippen molar-refractivity contribution in [1.29, 1.82) is 0 Å². The second kappa shape index (κ2) is 10.1. The molecule has 3 aromatic carbocycles. The molecule has 1 aromatic heterocycles. The second-order valence-electron chi connectivity index (χ2n) is 6.82. The maximum absolute atomic E-state index is 13.5. The molecular weight excluding hydrogens is 498 g/mol. The van der Waals surface area contributed by atoms with Gasteiger partial charge in [0.1, 0.15) is 11.6 Å². The molecule has 0 aliphatic carbocycles. The van der Waals surface area contributed by atoms with Crippen LogP contribution in [-0.4, -0.2) is 20.7 Å². The van der Waals surface area contributed by atoms with Gasteiger partial charge in [-0.1, -0.05) is 45.9 Å². The van der Waals surface area contributed by atoms with Crippen LogP contribution < -0.4 is 5.32 Å². The highest BCUT2D eigenvalue weighted by Gasteiger charge is 2.16. The SMILES string of the molecule is O=C(NCc1nnc(SCc2ccc(Br)cc2)n1-c1ccc(F)cc1)c1cccc(F)c1. The van der Waals surface area contributed by atoms with Gasteiger partial charge in [-0.15, -0.1) is 10.2 Å². The number of benzene rings is 3. The lowest BCUT2D eigenvalue weighted by atomic mass is 10.2. The summed E-state index contributed by atoms with van der Waals surface area (Å²) in [6.45, 7) is 0.0680. The van der Waals surface area contributed by atoms with Crippen molar-refractivity contribution in [2.75, 3.05) is 0 Å². The lowest BCUT2D eigenvalue weighted by Gasteiger charge is -2.11. The number of thioether (sulfide) groups is 1. The number of hydrogen-bond donors (Lipinski definition) is 1. The van der Waals surface area contributed by atoms with E-state index in [9.17, 15) is 13.6 Å². The highest BCUT2D eigenvalue weighted by molar-refractivity contribution is 9.10. The minimum absolute atomic E-state index is 0.0680. The Bertz CT molecular complexity index is 1230. The monoisotopic (exact) mass is 514 g/mol. The number of carbonyl (C=O) groups excluding carboxylic acids is 1. The molecule has 1 heterocycles. The summed E-state index contributed by atoms with van der Waals surface area (Å²) in [5, 5.41) is 11.8. The minimum Gasteiger partial charge on any atom is -0.345 e. The van der Waals surface area contributed by atoms with Crippen molar-refractivity contribution in [2.24, 2.45) is 0 Å². The zero-order valence-corrected chi connectivity index (χ0v) is 19.0. The maximum atomic E-state index is 13.5. The van der Waals surface area contributed by atoms with Gasteiger partial charge in [-0.25, -0.2) is 8.78 Å². The molecule has 162 valence electrons. The van der Waals surface area contributed by atoms with Crippen molar-refractivity contribution in [3.63, 3.8) is 0 Å². The van der Waals surface area contributed by atoms with Crippen LogP contribution in [0.15, 0.2) is 82.4 Å². The predicted molar refractivity (Wildman–Crippen MR) is 123 cm³/mol. The summed E-state index contributed by atoms with van der Waals surface area (Å²) >= 11 is 4.90. The molecule has 0 atom stereocenters. The third-order valence-electron chi connectivity index (χ3n) is 4.56. The van der Waals surface area contributed by atoms with Gasteiger partial charge in [-0.3, -0.25) is 9.36 Å². The van der Waals surface area contributed by atoms with Gasteiger partial charge in [0.25, 0.3) is 5.91 Å². The molecule has 0 fully saturated rings. The molecule has 4 aromatic rings. The highest BCUT2D eigenvalue weighted by Crippen LogP contribution is 2.26. The first kappa shape index (κ1) is 22.2. The van der Waals surface area contributed by atoms with E-state index in [-0.39, 0.29) is 17.9 Å². The molecule has 0 spiro atoms. The third kappa shape index (κ3) is 5.41. The molecular formula is C23H17BrF2N4OS. The van der Waals surface area contributed by atoms with Gasteiger partial charge in [0.15, 0.2) is 11.0 Å². The van der Waals surface area contributed by atoms with Gasteiger partial charge in [0, 0.05) is 21.5 Å². The number of amides is 1. The smallest absolute Gasteiger partial charge is 0.251 e. The summed E-state index contributed by atoms with van der Waals surface area (Å²) in [6.07, 6.45) is 0. The number of aromatic nitrogens is 3. The molecule has 0 saturated carbocycles. The number of carbonyl (C=O) groups is 1. The number of hydrogen-bond acceptors (Lipinski definition) is 4. The van der Waals surface area contributed by atoms with E-state index in [1.165, 1.54) is 48.2 Å². The van der Waals surface area contributed by atoms with Crippen molar-refractivity contribution in [1.82, 2.24) is 20.1 Å². The van der Waals surface area contributed by atoms with E-state index in [0.29, 0.717) is 22.4 Å². The molecule has 0 aliphatic heterocycles. The average Bonchev–Trinajstić information content (AvgIpc) is 3.20. The standard InChI is InChI=1S/C23H17BrF2N4OS/c24-17-6-4-15(5-7-17)14-32-23-29-28-21(30(23)20-10-8-18(25)9-11-20)13-27-22(31)16-2-1-3-19(26)12-16/h1-12H,13-14H2,(H,27,31). The summed E-state index contributed by atoms with van der Waals surface area (Å²) in [6, 6.07) is 19.4. The Balaban J connectivity index is 1.56. The Morgan fingerprint density at radius 3 is 2.44 bits per heavy atom. The van der Waals surface area contributed by atoms with Crippen LogP contribution in [-0.2, 0) is 12.3 Å². The van der Waals surface area contributed by atoms with Gasteiger partial charge in [-0.05, 0) is 60.2 Å².